The van der Waals surface area contributed by atoms with E-state index in [1.54, 1.807) is 6.92 Å². The van der Waals surface area contributed by atoms with Gasteiger partial charge in [0.15, 0.2) is 0 Å². The van der Waals surface area contributed by atoms with Crippen molar-refractivity contribution in [2.45, 2.75) is 20.0 Å². The number of carbonyl (C=O) groups is 2. The summed E-state index contributed by atoms with van der Waals surface area (Å²) in [5.74, 6) is -0.666. The minimum atomic E-state index is -0.337. The lowest BCUT2D eigenvalue weighted by atomic mass is 10.4. The molecule has 0 saturated carbocycles. The molecule has 1 aliphatic rings. The van der Waals surface area contributed by atoms with Gasteiger partial charge < -0.3 is 14.2 Å². The summed E-state index contributed by atoms with van der Waals surface area (Å²) in [7, 11) is 0. The summed E-state index contributed by atoms with van der Waals surface area (Å²) in [6.45, 7) is 13.7. The summed E-state index contributed by atoms with van der Waals surface area (Å²) < 4.78 is 13.8. The number of halogens is 1. The fourth-order valence-electron chi connectivity index (χ4n) is 0.573. The minimum Gasteiger partial charge on any atom is -0.459 e. The summed E-state index contributed by atoms with van der Waals surface area (Å²) in [4.78, 5) is 20.4. The van der Waals surface area contributed by atoms with Crippen LogP contribution in [0.5, 0.6) is 0 Å². The molecule has 1 fully saturated rings. The van der Waals surface area contributed by atoms with Gasteiger partial charge in [-0.05, 0) is 12.5 Å². The predicted octanol–water partition coefficient (Wildman–Crippen LogP) is 2.57. The van der Waals surface area contributed by atoms with E-state index in [1.807, 2.05) is 0 Å². The molecule has 1 atom stereocenters. The fraction of sp³-hybridized carbons (Fsp3) is 0.385. The highest BCUT2D eigenvalue weighted by Crippen LogP contribution is 2.09. The van der Waals surface area contributed by atoms with Crippen LogP contribution >= 0.6 is 11.6 Å². The first-order valence-electron chi connectivity index (χ1n) is 5.32. The van der Waals surface area contributed by atoms with Crippen LogP contribution < -0.4 is 0 Å². The Morgan fingerprint density at radius 3 is 2.11 bits per heavy atom. The van der Waals surface area contributed by atoms with Gasteiger partial charge in [-0.3, -0.25) is 4.79 Å². The Bertz CT molecular complexity index is 321. The Kier molecular flexibility index (Phi) is 13.4. The maximum atomic E-state index is 10.7. The molecule has 0 amide bonds. The third-order valence-corrected chi connectivity index (χ3v) is 1.40. The predicted molar refractivity (Wildman–Crippen MR) is 73.5 cm³/mol. The second-order valence-electron chi connectivity index (χ2n) is 3.26. The molecule has 0 aromatic carbocycles. The van der Waals surface area contributed by atoms with E-state index in [2.05, 4.69) is 24.5 Å². The highest BCUT2D eigenvalue weighted by Gasteiger charge is 2.24. The van der Waals surface area contributed by atoms with Gasteiger partial charge in [-0.25, -0.2) is 4.79 Å². The van der Waals surface area contributed by atoms with Gasteiger partial charge in [0, 0.05) is 12.5 Å². The molecule has 0 spiro atoms. The highest BCUT2D eigenvalue weighted by molar-refractivity contribution is 6.25. The van der Waals surface area contributed by atoms with Crippen molar-refractivity contribution in [3.8, 4) is 0 Å². The maximum Gasteiger partial charge on any atom is 0.333 e. The number of esters is 2. The van der Waals surface area contributed by atoms with Crippen LogP contribution in [0, 0.1) is 0 Å². The van der Waals surface area contributed by atoms with Gasteiger partial charge >= 0.3 is 11.9 Å². The minimum absolute atomic E-state index is 0.142. The Morgan fingerprint density at radius 2 is 1.89 bits per heavy atom. The second-order valence-corrected chi connectivity index (χ2v) is 3.57. The van der Waals surface area contributed by atoms with Crippen molar-refractivity contribution in [2.75, 3.05) is 13.2 Å². The molecule has 0 aromatic rings. The van der Waals surface area contributed by atoms with E-state index in [1.165, 1.54) is 12.5 Å². The molecule has 19 heavy (non-hydrogen) atoms. The van der Waals surface area contributed by atoms with E-state index in [-0.39, 0.29) is 18.0 Å². The van der Waals surface area contributed by atoms with Gasteiger partial charge in [0.1, 0.15) is 12.7 Å². The highest BCUT2D eigenvalue weighted by atomic mass is 35.5. The fourth-order valence-corrected chi connectivity index (χ4v) is 0.573. The van der Waals surface area contributed by atoms with E-state index < -0.39 is 0 Å². The molecule has 1 heterocycles. The SMILES string of the molecule is C=C(C)C(=O)OCC1CO1.C=CCl.C=COC(C)=O. The average Bonchev–Trinajstić information content (AvgIpc) is 3.11. The molecule has 108 valence electrons. The molecule has 0 aliphatic carbocycles. The number of carbonyl (C=O) groups excluding carboxylic acids is 2. The van der Waals surface area contributed by atoms with E-state index in [0.717, 1.165) is 6.26 Å². The number of rotatable bonds is 4. The van der Waals surface area contributed by atoms with Crippen molar-refractivity contribution in [1.29, 1.82) is 0 Å². The van der Waals surface area contributed by atoms with Crippen LogP contribution in [0.1, 0.15) is 13.8 Å². The largest absolute Gasteiger partial charge is 0.459 e. The Labute approximate surface area is 118 Å². The molecule has 1 rings (SSSR count). The first-order valence-corrected chi connectivity index (χ1v) is 5.76. The van der Waals surface area contributed by atoms with Crippen molar-refractivity contribution in [3.63, 3.8) is 0 Å². The van der Waals surface area contributed by atoms with Crippen LogP contribution in [-0.2, 0) is 23.8 Å². The monoisotopic (exact) mass is 290 g/mol. The lowest BCUT2D eigenvalue weighted by molar-refractivity contribution is -0.139. The van der Waals surface area contributed by atoms with Gasteiger partial charge in [0.2, 0.25) is 0 Å². The molecule has 0 aromatic heterocycles. The lowest BCUT2D eigenvalue weighted by Gasteiger charge is -1.99. The summed E-state index contributed by atoms with van der Waals surface area (Å²) in [5.41, 5.74) is 1.65. The number of hydrogen-bond donors (Lipinski definition) is 0. The van der Waals surface area contributed by atoms with Crippen molar-refractivity contribution in [3.05, 3.63) is 37.1 Å². The van der Waals surface area contributed by atoms with Crippen LogP contribution in [-0.4, -0.2) is 31.3 Å². The third kappa shape index (κ3) is 18.9. The van der Waals surface area contributed by atoms with Gasteiger partial charge in [-0.1, -0.05) is 31.3 Å². The van der Waals surface area contributed by atoms with Crippen molar-refractivity contribution < 1.29 is 23.8 Å². The van der Waals surface area contributed by atoms with Crippen LogP contribution in [0.15, 0.2) is 37.1 Å². The smallest absolute Gasteiger partial charge is 0.333 e. The van der Waals surface area contributed by atoms with Crippen LogP contribution in [0.25, 0.3) is 0 Å². The Balaban J connectivity index is 0. The van der Waals surface area contributed by atoms with E-state index in [0.29, 0.717) is 18.8 Å². The standard InChI is InChI=1S/C7H10O3.C4H6O2.C2H3Cl/c1-5(2)7(8)10-4-6-3-9-6;1-3-6-4(2)5;1-2-3/h6H,1,3-4H2,2H3;3H,1H2,2H3;2H,1H2. The molecule has 1 aliphatic heterocycles. The zero-order valence-corrected chi connectivity index (χ0v) is 11.9. The normalized spacial score (nSPS) is 14.4. The van der Waals surface area contributed by atoms with Gasteiger partial charge in [0.25, 0.3) is 0 Å². The van der Waals surface area contributed by atoms with Crippen LogP contribution in [0.2, 0.25) is 0 Å². The molecule has 5 nitrogen and oxygen atoms in total. The van der Waals surface area contributed by atoms with Crippen LogP contribution in [0.3, 0.4) is 0 Å². The molecule has 0 radical (unpaired) electrons. The average molecular weight is 291 g/mol. The zero-order valence-electron chi connectivity index (χ0n) is 11.2. The Hall–Kier alpha value is -1.59. The van der Waals surface area contributed by atoms with E-state index in [9.17, 15) is 9.59 Å². The molecule has 0 N–H and O–H groups in total. The first-order chi connectivity index (χ1) is 8.88. The topological polar surface area (TPSA) is 65.1 Å². The van der Waals surface area contributed by atoms with Gasteiger partial charge in [-0.15, -0.1) is 0 Å². The maximum absolute atomic E-state index is 10.7. The summed E-state index contributed by atoms with van der Waals surface area (Å²) >= 11 is 4.76. The molecule has 1 unspecified atom stereocenters. The molecule has 1 saturated heterocycles. The van der Waals surface area contributed by atoms with Gasteiger partial charge in [-0.2, -0.15) is 0 Å². The lowest BCUT2D eigenvalue weighted by Crippen LogP contribution is -2.09. The number of ether oxygens (including phenoxy) is 3. The Morgan fingerprint density at radius 1 is 1.42 bits per heavy atom. The van der Waals surface area contributed by atoms with Crippen molar-refractivity contribution >= 4 is 23.5 Å². The first kappa shape index (κ1) is 19.7. The van der Waals surface area contributed by atoms with Crippen molar-refractivity contribution in [1.82, 2.24) is 0 Å². The summed E-state index contributed by atoms with van der Waals surface area (Å²) in [6, 6.07) is 0. The third-order valence-electron chi connectivity index (χ3n) is 1.40. The summed E-state index contributed by atoms with van der Waals surface area (Å²) in [6.07, 6.45) is 1.24. The summed E-state index contributed by atoms with van der Waals surface area (Å²) in [5, 5.41) is 0. The zero-order chi connectivity index (χ0) is 15.3. The van der Waals surface area contributed by atoms with Gasteiger partial charge in [0.05, 0.1) is 12.9 Å². The van der Waals surface area contributed by atoms with E-state index in [4.69, 9.17) is 21.1 Å². The van der Waals surface area contributed by atoms with Crippen LogP contribution in [0.4, 0.5) is 0 Å². The number of epoxide rings is 1. The van der Waals surface area contributed by atoms with E-state index >= 15 is 0 Å². The molecule has 0 bridgehead atoms. The molecular formula is C13H19ClO5. The quantitative estimate of drug-likeness (QED) is 0.344. The second kappa shape index (κ2) is 12.9. The molecule has 6 heteroatoms. The van der Waals surface area contributed by atoms with Crippen molar-refractivity contribution in [2.24, 2.45) is 0 Å². The molecular weight excluding hydrogens is 272 g/mol. The number of hydrogen-bond acceptors (Lipinski definition) is 5.